The van der Waals surface area contributed by atoms with Crippen LogP contribution in [0, 0.1) is 11.3 Å². The first kappa shape index (κ1) is 21.7. The van der Waals surface area contributed by atoms with Gasteiger partial charge in [-0.2, -0.15) is 5.26 Å². The van der Waals surface area contributed by atoms with E-state index < -0.39 is 5.97 Å². The van der Waals surface area contributed by atoms with E-state index in [9.17, 15) is 19.6 Å². The van der Waals surface area contributed by atoms with Crippen molar-refractivity contribution in [3.63, 3.8) is 0 Å². The maximum atomic E-state index is 12.4. The molecule has 3 aromatic rings. The number of esters is 1. The number of fused-ring (bicyclic) bond motifs is 1. The molecule has 0 saturated heterocycles. The number of nitrogens with zero attached hydrogens (tertiary/aromatic N) is 2. The van der Waals surface area contributed by atoms with Crippen LogP contribution in [-0.2, 0) is 4.79 Å². The summed E-state index contributed by atoms with van der Waals surface area (Å²) in [4.78, 5) is 38.1. The first-order chi connectivity index (χ1) is 16.1. The molecule has 2 amide bonds. The van der Waals surface area contributed by atoms with Gasteiger partial charge in [0, 0.05) is 13.0 Å². The molecule has 0 aliphatic carbocycles. The number of allylic oxidation sites excluding steroid dienone is 1. The Hall–Kier alpha value is -4.50. The predicted octanol–water partition coefficient (Wildman–Crippen LogP) is 4.73. The third-order valence-electron chi connectivity index (χ3n) is 5.27. The van der Waals surface area contributed by atoms with Crippen LogP contribution >= 0.6 is 0 Å². The SMILES string of the molecule is N#C/C(=C/c1ccc(OC(=O)CCCN2C(=O)c3ccccc3C2=O)cc1)c1ccccc1. The van der Waals surface area contributed by atoms with Crippen LogP contribution in [0.2, 0.25) is 0 Å². The number of carbonyl (C=O) groups is 3. The topological polar surface area (TPSA) is 87.5 Å². The quantitative estimate of drug-likeness (QED) is 0.176. The van der Waals surface area contributed by atoms with Crippen molar-refractivity contribution in [2.75, 3.05) is 6.54 Å². The molecule has 0 aromatic heterocycles. The third kappa shape index (κ3) is 4.89. The van der Waals surface area contributed by atoms with Crippen molar-refractivity contribution >= 4 is 29.4 Å². The number of hydrogen-bond acceptors (Lipinski definition) is 5. The molecule has 1 aliphatic rings. The summed E-state index contributed by atoms with van der Waals surface area (Å²) in [7, 11) is 0. The Morgan fingerprint density at radius 2 is 1.48 bits per heavy atom. The molecule has 33 heavy (non-hydrogen) atoms. The minimum absolute atomic E-state index is 0.0711. The van der Waals surface area contributed by atoms with Crippen LogP contribution in [0.5, 0.6) is 5.75 Å². The van der Waals surface area contributed by atoms with Crippen molar-refractivity contribution in [1.29, 1.82) is 5.26 Å². The molecule has 4 rings (SSSR count). The summed E-state index contributed by atoms with van der Waals surface area (Å²) in [5.41, 5.74) is 2.96. The zero-order valence-electron chi connectivity index (χ0n) is 17.7. The van der Waals surface area contributed by atoms with Gasteiger partial charge in [-0.1, -0.05) is 54.6 Å². The van der Waals surface area contributed by atoms with Gasteiger partial charge in [0.15, 0.2) is 0 Å². The van der Waals surface area contributed by atoms with Crippen LogP contribution in [0.15, 0.2) is 78.9 Å². The van der Waals surface area contributed by atoms with Gasteiger partial charge < -0.3 is 4.74 Å². The fourth-order valence-electron chi connectivity index (χ4n) is 3.60. The van der Waals surface area contributed by atoms with Crippen LogP contribution in [0.25, 0.3) is 11.6 Å². The van der Waals surface area contributed by atoms with Gasteiger partial charge in [-0.05, 0) is 47.9 Å². The third-order valence-corrected chi connectivity index (χ3v) is 5.27. The number of benzene rings is 3. The van der Waals surface area contributed by atoms with E-state index in [4.69, 9.17) is 4.74 Å². The van der Waals surface area contributed by atoms with E-state index in [0.29, 0.717) is 28.9 Å². The van der Waals surface area contributed by atoms with Gasteiger partial charge in [0.1, 0.15) is 5.75 Å². The number of hydrogen-bond donors (Lipinski definition) is 0. The van der Waals surface area contributed by atoms with Gasteiger partial charge in [-0.3, -0.25) is 19.3 Å². The lowest BCUT2D eigenvalue weighted by atomic mass is 10.0. The molecule has 0 saturated carbocycles. The van der Waals surface area contributed by atoms with Crippen molar-refractivity contribution in [3.8, 4) is 11.8 Å². The maximum absolute atomic E-state index is 12.4. The van der Waals surface area contributed by atoms with Crippen LogP contribution in [0.4, 0.5) is 0 Å². The smallest absolute Gasteiger partial charge is 0.311 e. The van der Waals surface area contributed by atoms with Gasteiger partial charge in [-0.15, -0.1) is 0 Å². The minimum atomic E-state index is -0.447. The molecule has 0 N–H and O–H groups in total. The fraction of sp³-hybridized carbons (Fsp3) is 0.111. The Kier molecular flexibility index (Phi) is 6.42. The van der Waals surface area contributed by atoms with Gasteiger partial charge in [-0.25, -0.2) is 0 Å². The molecule has 1 heterocycles. The summed E-state index contributed by atoms with van der Waals surface area (Å²) in [5, 5.41) is 9.43. The van der Waals surface area contributed by atoms with E-state index in [1.165, 1.54) is 4.90 Å². The van der Waals surface area contributed by atoms with Crippen LogP contribution in [0.1, 0.15) is 44.7 Å². The number of ether oxygens (including phenoxy) is 1. The summed E-state index contributed by atoms with van der Waals surface area (Å²) in [6.45, 7) is 0.154. The number of rotatable bonds is 7. The largest absolute Gasteiger partial charge is 0.427 e. The van der Waals surface area contributed by atoms with Gasteiger partial charge in [0.25, 0.3) is 11.8 Å². The molecule has 0 fully saturated rings. The lowest BCUT2D eigenvalue weighted by molar-refractivity contribution is -0.134. The maximum Gasteiger partial charge on any atom is 0.311 e. The molecule has 3 aromatic carbocycles. The molecule has 6 nitrogen and oxygen atoms in total. The number of carbonyl (C=O) groups excluding carboxylic acids is 3. The summed E-state index contributed by atoms with van der Waals surface area (Å²) in [6.07, 6.45) is 2.15. The van der Waals surface area contributed by atoms with Gasteiger partial charge in [0.05, 0.1) is 22.8 Å². The monoisotopic (exact) mass is 436 g/mol. The average molecular weight is 436 g/mol. The van der Waals surface area contributed by atoms with E-state index in [1.54, 1.807) is 54.6 Å². The Morgan fingerprint density at radius 3 is 2.09 bits per heavy atom. The highest BCUT2D eigenvalue weighted by atomic mass is 16.5. The molecule has 0 radical (unpaired) electrons. The highest BCUT2D eigenvalue weighted by Crippen LogP contribution is 2.23. The van der Waals surface area contributed by atoms with E-state index in [2.05, 4.69) is 6.07 Å². The molecule has 1 aliphatic heterocycles. The lowest BCUT2D eigenvalue weighted by Gasteiger charge is -2.13. The summed E-state index contributed by atoms with van der Waals surface area (Å²) in [6, 6.07) is 25.1. The van der Waals surface area contributed by atoms with Crippen LogP contribution in [0.3, 0.4) is 0 Å². The Balaban J connectivity index is 1.30. The second-order valence-corrected chi connectivity index (χ2v) is 7.49. The molecule has 0 bridgehead atoms. The van der Waals surface area contributed by atoms with Crippen molar-refractivity contribution < 1.29 is 19.1 Å². The van der Waals surface area contributed by atoms with E-state index in [-0.39, 0.29) is 24.8 Å². The van der Waals surface area contributed by atoms with E-state index in [1.807, 2.05) is 30.3 Å². The van der Waals surface area contributed by atoms with Crippen molar-refractivity contribution in [2.45, 2.75) is 12.8 Å². The first-order valence-corrected chi connectivity index (χ1v) is 10.5. The normalized spacial score (nSPS) is 12.9. The Bertz CT molecular complexity index is 1240. The Morgan fingerprint density at radius 1 is 0.879 bits per heavy atom. The number of nitriles is 1. The second kappa shape index (κ2) is 9.75. The first-order valence-electron chi connectivity index (χ1n) is 10.5. The van der Waals surface area contributed by atoms with E-state index >= 15 is 0 Å². The molecule has 6 heteroatoms. The van der Waals surface area contributed by atoms with Gasteiger partial charge >= 0.3 is 5.97 Å². The minimum Gasteiger partial charge on any atom is -0.427 e. The molecule has 0 spiro atoms. The Labute approximate surface area is 191 Å². The zero-order valence-corrected chi connectivity index (χ0v) is 17.7. The number of amides is 2. The molecule has 0 unspecified atom stereocenters. The lowest BCUT2D eigenvalue weighted by Crippen LogP contribution is -2.31. The summed E-state index contributed by atoms with van der Waals surface area (Å²) < 4.78 is 5.35. The highest BCUT2D eigenvalue weighted by Gasteiger charge is 2.34. The average Bonchev–Trinajstić information content (AvgIpc) is 3.09. The molecular weight excluding hydrogens is 416 g/mol. The summed E-state index contributed by atoms with van der Waals surface area (Å²) in [5.74, 6) is -0.729. The van der Waals surface area contributed by atoms with Crippen molar-refractivity contribution in [1.82, 2.24) is 4.90 Å². The van der Waals surface area contributed by atoms with Crippen LogP contribution in [-0.4, -0.2) is 29.2 Å². The predicted molar refractivity (Wildman–Crippen MR) is 123 cm³/mol. The zero-order chi connectivity index (χ0) is 23.2. The van der Waals surface area contributed by atoms with Gasteiger partial charge in [0.2, 0.25) is 0 Å². The van der Waals surface area contributed by atoms with Crippen molar-refractivity contribution in [2.24, 2.45) is 0 Å². The molecule has 0 atom stereocenters. The fourth-order valence-corrected chi connectivity index (χ4v) is 3.60. The van der Waals surface area contributed by atoms with Crippen molar-refractivity contribution in [3.05, 3.63) is 101 Å². The summed E-state index contributed by atoms with van der Waals surface area (Å²) >= 11 is 0. The highest BCUT2D eigenvalue weighted by molar-refractivity contribution is 6.21. The number of imide groups is 1. The molecule has 162 valence electrons. The van der Waals surface area contributed by atoms with E-state index in [0.717, 1.165) is 11.1 Å². The molecular formula is C27H20N2O4. The standard InChI is InChI=1S/C27H20N2O4/c28-18-21(20-7-2-1-3-8-20)17-19-12-14-22(15-13-19)33-25(30)11-6-16-29-26(31)23-9-4-5-10-24(23)27(29)32/h1-5,7-10,12-15,17H,6,11,16H2/b21-17-. The van der Waals surface area contributed by atoms with Crippen LogP contribution < -0.4 is 4.74 Å². The second-order valence-electron chi connectivity index (χ2n) is 7.49.